The van der Waals surface area contributed by atoms with Gasteiger partial charge in [-0.25, -0.2) is 23.2 Å². The summed E-state index contributed by atoms with van der Waals surface area (Å²) in [4.78, 5) is 47.7. The Morgan fingerprint density at radius 1 is 0.571 bits per heavy atom. The minimum absolute atomic E-state index is 0.00769. The van der Waals surface area contributed by atoms with Crippen molar-refractivity contribution < 1.29 is 68.9 Å². The largest absolute Gasteiger partial charge is 0.478 e. The predicted molar refractivity (Wildman–Crippen MR) is 275 cm³/mol. The number of nitrogens with one attached hydrogen (secondary N) is 1. The molecule has 6 aromatic carbocycles. The van der Waals surface area contributed by atoms with Gasteiger partial charge < -0.3 is 34.8 Å². The summed E-state index contributed by atoms with van der Waals surface area (Å²) in [5, 5.41) is 13.5. The number of aryl methyl sites for hydroxylation is 2. The summed E-state index contributed by atoms with van der Waals surface area (Å²) >= 11 is 0. The maximum atomic E-state index is 13.4. The molecule has 0 aliphatic rings. The van der Waals surface area contributed by atoms with E-state index in [1.807, 2.05) is 25.1 Å². The molecule has 2 aromatic heterocycles. The predicted octanol–water partition coefficient (Wildman–Crippen LogP) is 12.9. The average Bonchev–Trinajstić information content (AvgIpc) is 4.03. The molecule has 0 bridgehead atoms. The lowest BCUT2D eigenvalue weighted by molar-refractivity contribution is -0.138. The quantitative estimate of drug-likeness (QED) is 0.0677. The number of rotatable bonds is 15. The van der Waals surface area contributed by atoms with E-state index in [4.69, 9.17) is 10.5 Å². The molecule has 2 heterocycles. The molecule has 19 heteroatoms. The van der Waals surface area contributed by atoms with Crippen molar-refractivity contribution in [1.29, 1.82) is 0 Å². The van der Waals surface area contributed by atoms with Gasteiger partial charge in [-0.2, -0.15) is 26.3 Å². The topological polar surface area (TPSA) is 155 Å². The van der Waals surface area contributed by atoms with Gasteiger partial charge in [0.2, 0.25) is 0 Å². The van der Waals surface area contributed by atoms with Crippen LogP contribution in [0.25, 0.3) is 21.8 Å². The number of hydrogen-bond acceptors (Lipinski definition) is 7. The number of alkyl halides is 8. The number of benzene rings is 6. The summed E-state index contributed by atoms with van der Waals surface area (Å²) in [6.45, 7) is 2.52. The van der Waals surface area contributed by atoms with Crippen molar-refractivity contribution in [3.05, 3.63) is 213 Å². The van der Waals surface area contributed by atoms with Gasteiger partial charge in [0, 0.05) is 40.2 Å². The van der Waals surface area contributed by atoms with E-state index in [0.29, 0.717) is 61.6 Å². The number of carbonyl (C=O) groups is 4. The highest BCUT2D eigenvalue weighted by atomic mass is 19.4. The molecule has 0 saturated carbocycles. The van der Waals surface area contributed by atoms with Gasteiger partial charge >= 0.3 is 30.3 Å². The van der Waals surface area contributed by atoms with Crippen molar-refractivity contribution in [2.24, 2.45) is 5.73 Å². The molecule has 0 saturated heterocycles. The molecule has 404 valence electrons. The molecule has 8 rings (SSSR count). The molecule has 0 aliphatic heterocycles. The van der Waals surface area contributed by atoms with Crippen LogP contribution in [0.15, 0.2) is 146 Å². The number of ether oxygens (including phenoxy) is 2. The number of methoxy groups -OCH3 is 2. The molecule has 2 atom stereocenters. The first-order valence-electron chi connectivity index (χ1n) is 23.9. The highest BCUT2D eigenvalue weighted by Gasteiger charge is 2.31. The van der Waals surface area contributed by atoms with Crippen LogP contribution >= 0.6 is 0 Å². The first-order chi connectivity index (χ1) is 36.6. The Balaban J connectivity index is 0.000000211. The molecule has 0 fully saturated rings. The van der Waals surface area contributed by atoms with Crippen molar-refractivity contribution in [3.8, 4) is 0 Å². The number of nitrogens with two attached hydrogens (primary N) is 1. The molecule has 11 nitrogen and oxygen atoms in total. The number of carboxylic acid groups (broad SMARTS) is 1. The second-order valence-electron chi connectivity index (χ2n) is 17.7. The van der Waals surface area contributed by atoms with Crippen LogP contribution in [0.1, 0.15) is 112 Å². The van der Waals surface area contributed by atoms with Crippen LogP contribution < -0.4 is 11.1 Å². The number of nitrogens with zero attached hydrogens (tertiary/aromatic N) is 2. The summed E-state index contributed by atoms with van der Waals surface area (Å²) in [7, 11) is 2.66. The number of aromatic nitrogens is 2. The lowest BCUT2D eigenvalue weighted by Crippen LogP contribution is -2.26. The SMILES string of the molecule is COC(=O)c1ccc([C@H](C)N)cc1.COC(=O)c1ccc([C@H](C)NC(=O)c2cn(CCF)c3cccc(Cc4ccc(C(F)(F)F)cc4)c23)cc1.O=C(O)c1cn(CCF)c2cccc(Cc3ccc(C(F)(F)F)cc3)c12. The van der Waals surface area contributed by atoms with E-state index in [1.165, 1.54) is 49.2 Å². The van der Waals surface area contributed by atoms with Crippen LogP contribution in [0, 0.1) is 0 Å². The van der Waals surface area contributed by atoms with Gasteiger partial charge in [-0.3, -0.25) is 4.79 Å². The number of carboxylic acids is 1. The van der Waals surface area contributed by atoms with E-state index in [-0.39, 0.29) is 43.0 Å². The number of esters is 2. The minimum atomic E-state index is -4.43. The van der Waals surface area contributed by atoms with Gasteiger partial charge in [-0.05, 0) is 121 Å². The highest BCUT2D eigenvalue weighted by Crippen LogP contribution is 2.33. The van der Waals surface area contributed by atoms with Crippen LogP contribution in [0.3, 0.4) is 0 Å². The lowest BCUT2D eigenvalue weighted by Gasteiger charge is -2.15. The van der Waals surface area contributed by atoms with Gasteiger partial charge in [0.25, 0.3) is 5.91 Å². The van der Waals surface area contributed by atoms with Gasteiger partial charge in [0.1, 0.15) is 13.3 Å². The van der Waals surface area contributed by atoms with Crippen molar-refractivity contribution >= 4 is 45.6 Å². The summed E-state index contributed by atoms with van der Waals surface area (Å²) in [6.07, 6.45) is -5.27. The lowest BCUT2D eigenvalue weighted by atomic mass is 9.98. The zero-order valence-corrected chi connectivity index (χ0v) is 42.1. The van der Waals surface area contributed by atoms with Crippen LogP contribution in [0.2, 0.25) is 0 Å². The minimum Gasteiger partial charge on any atom is -0.478 e. The third-order valence-electron chi connectivity index (χ3n) is 12.5. The van der Waals surface area contributed by atoms with Crippen molar-refractivity contribution in [2.45, 2.75) is 64.2 Å². The van der Waals surface area contributed by atoms with Gasteiger partial charge in [-0.15, -0.1) is 0 Å². The number of aromatic carboxylic acids is 1. The highest BCUT2D eigenvalue weighted by molar-refractivity contribution is 6.08. The Kier molecular flexibility index (Phi) is 19.2. The van der Waals surface area contributed by atoms with Crippen molar-refractivity contribution in [3.63, 3.8) is 0 Å². The van der Waals surface area contributed by atoms with E-state index in [9.17, 15) is 59.4 Å². The van der Waals surface area contributed by atoms with E-state index < -0.39 is 54.8 Å². The monoisotopic (exact) mass is 1070 g/mol. The number of hydrogen-bond donors (Lipinski definition) is 3. The van der Waals surface area contributed by atoms with Crippen molar-refractivity contribution in [1.82, 2.24) is 14.5 Å². The normalized spacial score (nSPS) is 12.2. The summed E-state index contributed by atoms with van der Waals surface area (Å²) in [5.41, 5.74) is 11.2. The third-order valence-corrected chi connectivity index (χ3v) is 12.5. The van der Waals surface area contributed by atoms with Crippen LogP contribution in [-0.2, 0) is 47.8 Å². The van der Waals surface area contributed by atoms with Gasteiger partial charge in [0.15, 0.2) is 0 Å². The smallest absolute Gasteiger partial charge is 0.416 e. The van der Waals surface area contributed by atoms with Crippen LogP contribution in [-0.4, -0.2) is 65.6 Å². The first-order valence-corrected chi connectivity index (χ1v) is 23.9. The molecule has 0 radical (unpaired) electrons. The van der Waals surface area contributed by atoms with Gasteiger partial charge in [-0.1, -0.05) is 72.8 Å². The maximum Gasteiger partial charge on any atom is 0.416 e. The number of carbonyl (C=O) groups excluding carboxylic acids is 3. The Labute approximate surface area is 437 Å². The second kappa shape index (κ2) is 25.5. The van der Waals surface area contributed by atoms with Gasteiger partial charge in [0.05, 0.1) is 66.7 Å². The number of amides is 1. The molecule has 1 amide bonds. The Morgan fingerprint density at radius 3 is 1.32 bits per heavy atom. The first kappa shape index (κ1) is 57.9. The van der Waals surface area contributed by atoms with E-state index in [1.54, 1.807) is 84.4 Å². The zero-order valence-electron chi connectivity index (χ0n) is 42.1. The molecule has 0 unspecified atom stereocenters. The molecule has 4 N–H and O–H groups in total. The number of halogens is 8. The Morgan fingerprint density at radius 2 is 0.961 bits per heavy atom. The molecular formula is C58H54F8N4O7. The average molecular weight is 1070 g/mol. The summed E-state index contributed by atoms with van der Waals surface area (Å²) in [5.74, 6) is -2.30. The second-order valence-corrected chi connectivity index (χ2v) is 17.7. The van der Waals surface area contributed by atoms with E-state index in [0.717, 1.165) is 41.0 Å². The zero-order chi connectivity index (χ0) is 56.2. The van der Waals surface area contributed by atoms with E-state index >= 15 is 0 Å². The molecule has 0 spiro atoms. The van der Waals surface area contributed by atoms with E-state index in [2.05, 4.69) is 10.1 Å². The fraction of sp³-hybridized carbons (Fsp3) is 0.241. The number of fused-ring (bicyclic) bond motifs is 2. The standard InChI is InChI=1S/C29H26F4N2O3.C19H15F4NO2.C10H13NO2/c1-18(20-8-10-21(11-9-20)28(37)38-2)34-27(36)24-17-35(15-14-30)25-5-3-4-22(26(24)25)16-19-6-12-23(13-7-19)29(31,32)33;20-8-9-24-11-15(18(25)26)17-13(2-1-3-16(17)24)10-12-4-6-14(7-5-12)19(21,22)23;1-7(11)8-3-5-9(6-4-8)10(12)13-2/h3-13,17-18H,14-16H2,1-2H3,(H,34,36);1-7,11H,8-10H2,(H,25,26);3-7H,11H2,1-2H3/t18-;;7-/m0.0/s1. The molecule has 8 aromatic rings. The van der Waals surface area contributed by atoms with Crippen LogP contribution in [0.4, 0.5) is 35.1 Å². The van der Waals surface area contributed by atoms with Crippen LogP contribution in [0.5, 0.6) is 0 Å². The fourth-order valence-corrected chi connectivity index (χ4v) is 8.52. The maximum absolute atomic E-state index is 13.4. The summed E-state index contributed by atoms with van der Waals surface area (Å²) in [6, 6.07) is 33.5. The molecule has 0 aliphatic carbocycles. The summed E-state index contributed by atoms with van der Waals surface area (Å²) < 4.78 is 115. The Hall–Kier alpha value is -8.32. The molecular weight excluding hydrogens is 1020 g/mol. The molecule has 77 heavy (non-hydrogen) atoms. The third kappa shape index (κ3) is 14.5. The Bertz CT molecular complexity index is 3310. The fourth-order valence-electron chi connectivity index (χ4n) is 8.52. The van der Waals surface area contributed by atoms with Crippen molar-refractivity contribution in [2.75, 3.05) is 27.6 Å².